The minimum atomic E-state index is -0.984. The average Bonchev–Trinajstić information content (AvgIpc) is 2.32. The molecule has 0 fully saturated rings. The topological polar surface area (TPSA) is 61.4 Å². The van der Waals surface area contributed by atoms with Crippen molar-refractivity contribution in [2.45, 2.75) is 12.5 Å². The molecule has 0 radical (unpaired) electrons. The molecule has 0 bridgehead atoms. The van der Waals surface area contributed by atoms with Gasteiger partial charge < -0.3 is 15.7 Å². The van der Waals surface area contributed by atoms with E-state index >= 15 is 0 Å². The Kier molecular flexibility index (Phi) is 5.90. The normalized spacial score (nSPS) is 13.7. The van der Waals surface area contributed by atoms with Gasteiger partial charge >= 0.3 is 6.03 Å². The molecule has 0 saturated carbocycles. The largest absolute Gasteiger partial charge is 0.387 e. The lowest BCUT2D eigenvalue weighted by Crippen LogP contribution is -2.43. The number of rotatable bonds is 5. The lowest BCUT2D eigenvalue weighted by atomic mass is 10.1. The fourth-order valence-corrected chi connectivity index (χ4v) is 2.22. The Morgan fingerprint density at radius 1 is 1.58 bits per heavy atom. The van der Waals surface area contributed by atoms with Crippen molar-refractivity contribution in [2.24, 2.45) is 0 Å². The van der Waals surface area contributed by atoms with Gasteiger partial charge in [0.15, 0.2) is 0 Å². The maximum atomic E-state index is 13.2. The van der Waals surface area contributed by atoms with Crippen LogP contribution >= 0.6 is 23.4 Å². The maximum absolute atomic E-state index is 13.2. The highest BCUT2D eigenvalue weighted by Gasteiger charge is 2.20. The number of urea groups is 1. The molecular weight excluding hydrogens is 291 g/mol. The number of nitrogens with one attached hydrogen (secondary N) is 2. The SMILES string of the molecule is CSCC(C)(O)CNC(=O)Nc1ccc(Cl)c(F)c1. The molecule has 0 aromatic heterocycles. The van der Waals surface area contributed by atoms with Gasteiger partial charge in [0.25, 0.3) is 0 Å². The lowest BCUT2D eigenvalue weighted by Gasteiger charge is -2.22. The molecule has 2 amide bonds. The second-order valence-electron chi connectivity index (χ2n) is 4.37. The van der Waals surface area contributed by atoms with Crippen molar-refractivity contribution >= 4 is 35.1 Å². The summed E-state index contributed by atoms with van der Waals surface area (Å²) in [4.78, 5) is 11.6. The highest BCUT2D eigenvalue weighted by Crippen LogP contribution is 2.18. The molecule has 3 N–H and O–H groups in total. The van der Waals surface area contributed by atoms with Gasteiger partial charge in [0, 0.05) is 18.0 Å². The number of halogens is 2. The number of carbonyl (C=O) groups excluding carboxylic acids is 1. The highest BCUT2D eigenvalue weighted by atomic mass is 35.5. The fourth-order valence-electron chi connectivity index (χ4n) is 1.38. The summed E-state index contributed by atoms with van der Waals surface area (Å²) in [7, 11) is 0. The van der Waals surface area contributed by atoms with E-state index in [-0.39, 0.29) is 11.6 Å². The molecule has 0 heterocycles. The fraction of sp³-hybridized carbons (Fsp3) is 0.417. The zero-order valence-electron chi connectivity index (χ0n) is 10.7. The van der Waals surface area contributed by atoms with Crippen LogP contribution in [-0.4, -0.2) is 35.3 Å². The van der Waals surface area contributed by atoms with Crippen molar-refractivity contribution in [3.63, 3.8) is 0 Å². The van der Waals surface area contributed by atoms with E-state index in [0.29, 0.717) is 11.4 Å². The summed E-state index contributed by atoms with van der Waals surface area (Å²) in [6.07, 6.45) is 1.87. The van der Waals surface area contributed by atoms with Crippen LogP contribution in [0.1, 0.15) is 6.92 Å². The van der Waals surface area contributed by atoms with E-state index in [1.165, 1.54) is 23.9 Å². The van der Waals surface area contributed by atoms with Crippen molar-refractivity contribution in [3.8, 4) is 0 Å². The van der Waals surface area contributed by atoms with Crippen LogP contribution in [0.15, 0.2) is 18.2 Å². The molecule has 1 rings (SSSR count). The number of amides is 2. The zero-order valence-corrected chi connectivity index (χ0v) is 12.2. The molecule has 1 unspecified atom stereocenters. The van der Waals surface area contributed by atoms with Gasteiger partial charge in [-0.15, -0.1) is 0 Å². The van der Waals surface area contributed by atoms with E-state index in [1.807, 2.05) is 6.26 Å². The predicted molar refractivity (Wildman–Crippen MR) is 77.4 cm³/mol. The molecule has 1 aromatic rings. The van der Waals surface area contributed by atoms with Crippen molar-refractivity contribution in [2.75, 3.05) is 23.9 Å². The average molecular weight is 307 g/mol. The number of carbonyl (C=O) groups is 1. The third-order valence-electron chi connectivity index (χ3n) is 2.26. The van der Waals surface area contributed by atoms with Gasteiger partial charge in [0.1, 0.15) is 5.82 Å². The predicted octanol–water partition coefficient (Wildman–Crippen LogP) is 2.71. The summed E-state index contributed by atoms with van der Waals surface area (Å²) in [5, 5.41) is 14.8. The molecule has 0 aliphatic carbocycles. The van der Waals surface area contributed by atoms with E-state index in [1.54, 1.807) is 6.92 Å². The number of benzene rings is 1. The summed E-state index contributed by atoms with van der Waals surface area (Å²) in [5.74, 6) is -0.100. The van der Waals surface area contributed by atoms with Crippen molar-refractivity contribution in [1.82, 2.24) is 5.32 Å². The van der Waals surface area contributed by atoms with E-state index < -0.39 is 17.4 Å². The third kappa shape index (κ3) is 5.67. The summed E-state index contributed by atoms with van der Waals surface area (Å²) >= 11 is 7.02. The quantitative estimate of drug-likeness (QED) is 0.784. The van der Waals surface area contributed by atoms with Crippen LogP contribution in [0.3, 0.4) is 0 Å². The van der Waals surface area contributed by atoms with E-state index in [0.717, 1.165) is 6.07 Å². The van der Waals surface area contributed by atoms with Gasteiger partial charge in [-0.2, -0.15) is 11.8 Å². The van der Waals surface area contributed by atoms with Gasteiger partial charge in [-0.05, 0) is 31.4 Å². The standard InChI is InChI=1S/C12H16ClFN2O2S/c1-12(18,7-19-2)6-15-11(17)16-8-3-4-9(13)10(14)5-8/h3-5,18H,6-7H2,1-2H3,(H2,15,16,17). The molecule has 7 heteroatoms. The van der Waals surface area contributed by atoms with Crippen LogP contribution in [0.4, 0.5) is 14.9 Å². The number of anilines is 1. The lowest BCUT2D eigenvalue weighted by molar-refractivity contribution is 0.0876. The molecule has 19 heavy (non-hydrogen) atoms. The molecular formula is C12H16ClFN2O2S. The highest BCUT2D eigenvalue weighted by molar-refractivity contribution is 7.98. The second-order valence-corrected chi connectivity index (χ2v) is 5.64. The van der Waals surface area contributed by atoms with Crippen molar-refractivity contribution in [1.29, 1.82) is 0 Å². The second kappa shape index (κ2) is 6.98. The van der Waals surface area contributed by atoms with Crippen LogP contribution in [0.25, 0.3) is 0 Å². The van der Waals surface area contributed by atoms with E-state index in [2.05, 4.69) is 10.6 Å². The first-order chi connectivity index (χ1) is 8.84. The van der Waals surface area contributed by atoms with Crippen molar-refractivity contribution in [3.05, 3.63) is 29.0 Å². The van der Waals surface area contributed by atoms with Gasteiger partial charge in [-0.1, -0.05) is 11.6 Å². The molecule has 106 valence electrons. The Morgan fingerprint density at radius 2 is 2.26 bits per heavy atom. The number of aliphatic hydroxyl groups is 1. The van der Waals surface area contributed by atoms with Crippen LogP contribution in [0.2, 0.25) is 5.02 Å². The maximum Gasteiger partial charge on any atom is 0.319 e. The molecule has 0 saturated heterocycles. The van der Waals surface area contributed by atoms with Crippen molar-refractivity contribution < 1.29 is 14.3 Å². The number of thioether (sulfide) groups is 1. The molecule has 4 nitrogen and oxygen atoms in total. The summed E-state index contributed by atoms with van der Waals surface area (Å²) in [6, 6.07) is 3.46. The minimum absolute atomic E-state index is 0.00568. The van der Waals surface area contributed by atoms with Gasteiger partial charge in [-0.25, -0.2) is 9.18 Å². The van der Waals surface area contributed by atoms with Gasteiger partial charge in [-0.3, -0.25) is 0 Å². The summed E-state index contributed by atoms with van der Waals surface area (Å²) in [5.41, 5.74) is -0.689. The van der Waals surface area contributed by atoms with Crippen LogP contribution in [0, 0.1) is 5.82 Å². The Labute approximate surface area is 120 Å². The molecule has 0 aliphatic rings. The zero-order chi connectivity index (χ0) is 14.5. The Morgan fingerprint density at radius 3 is 2.84 bits per heavy atom. The van der Waals surface area contributed by atoms with E-state index in [4.69, 9.17) is 11.6 Å². The Bertz CT molecular complexity index is 457. The monoisotopic (exact) mass is 306 g/mol. The third-order valence-corrected chi connectivity index (χ3v) is 3.48. The summed E-state index contributed by atoms with van der Waals surface area (Å²) in [6.45, 7) is 1.74. The van der Waals surface area contributed by atoms with E-state index in [9.17, 15) is 14.3 Å². The van der Waals surface area contributed by atoms with Crippen LogP contribution in [0.5, 0.6) is 0 Å². The van der Waals surface area contributed by atoms with Gasteiger partial charge in [0.05, 0.1) is 10.6 Å². The smallest absolute Gasteiger partial charge is 0.319 e. The van der Waals surface area contributed by atoms with Crippen LogP contribution < -0.4 is 10.6 Å². The molecule has 0 spiro atoms. The molecule has 0 aliphatic heterocycles. The summed E-state index contributed by atoms with van der Waals surface area (Å²) < 4.78 is 13.2. The molecule has 1 atom stereocenters. The Balaban J connectivity index is 2.49. The van der Waals surface area contributed by atoms with Gasteiger partial charge in [0.2, 0.25) is 0 Å². The Hall–Kier alpha value is -0.980. The molecule has 1 aromatic carbocycles. The minimum Gasteiger partial charge on any atom is -0.387 e. The first-order valence-corrected chi connectivity index (χ1v) is 7.32. The number of hydrogen-bond donors (Lipinski definition) is 3. The first kappa shape index (κ1) is 16.1. The van der Waals surface area contributed by atoms with Crippen LogP contribution in [-0.2, 0) is 0 Å². The first-order valence-electron chi connectivity index (χ1n) is 5.55. The number of hydrogen-bond acceptors (Lipinski definition) is 3.